The maximum absolute atomic E-state index is 12.6. The number of nitrogens with one attached hydrogen (secondary N) is 1. The number of carbonyl (C=O) groups excluding carboxylic acids is 2. The van der Waals surface area contributed by atoms with Gasteiger partial charge >= 0.3 is 6.61 Å². The third-order valence-corrected chi connectivity index (χ3v) is 5.38. The van der Waals surface area contributed by atoms with Crippen molar-refractivity contribution in [1.82, 2.24) is 5.32 Å². The third-order valence-electron chi connectivity index (χ3n) is 5.38. The van der Waals surface area contributed by atoms with Crippen LogP contribution < -0.4 is 15.0 Å². The van der Waals surface area contributed by atoms with Gasteiger partial charge in [-0.3, -0.25) is 9.59 Å². The number of benzene rings is 2. The first-order valence-corrected chi connectivity index (χ1v) is 10.0. The van der Waals surface area contributed by atoms with Crippen molar-refractivity contribution in [2.45, 2.75) is 45.8 Å². The quantitative estimate of drug-likeness (QED) is 0.653. The van der Waals surface area contributed by atoms with Gasteiger partial charge in [-0.15, -0.1) is 0 Å². The van der Waals surface area contributed by atoms with Gasteiger partial charge in [0.2, 0.25) is 5.91 Å². The molecule has 3 rings (SSSR count). The molecule has 1 atom stereocenters. The van der Waals surface area contributed by atoms with E-state index in [4.69, 9.17) is 0 Å². The number of halogens is 2. The second kappa shape index (κ2) is 9.69. The van der Waals surface area contributed by atoms with Gasteiger partial charge in [0.25, 0.3) is 0 Å². The van der Waals surface area contributed by atoms with Crippen LogP contribution in [-0.4, -0.2) is 37.4 Å². The molecule has 1 unspecified atom stereocenters. The molecule has 0 aromatic heterocycles. The lowest BCUT2D eigenvalue weighted by atomic mass is 10.0. The molecule has 2 aromatic rings. The summed E-state index contributed by atoms with van der Waals surface area (Å²) < 4.78 is 29.8. The lowest BCUT2D eigenvalue weighted by Gasteiger charge is -2.22. The monoisotopic (exact) mass is 416 g/mol. The van der Waals surface area contributed by atoms with Crippen molar-refractivity contribution >= 4 is 17.4 Å². The number of Topliss-reactive ketones (excluding diaryl/α,β-unsaturated/α-hetero) is 1. The zero-order chi connectivity index (χ0) is 21.7. The van der Waals surface area contributed by atoms with Crippen LogP contribution in [0.3, 0.4) is 0 Å². The lowest BCUT2D eigenvalue weighted by molar-refractivity contribution is -0.121. The molecular formula is C23H26F2N2O3. The molecule has 160 valence electrons. The molecule has 5 nitrogen and oxygen atoms in total. The highest BCUT2D eigenvalue weighted by atomic mass is 19.3. The molecular weight excluding hydrogens is 390 g/mol. The summed E-state index contributed by atoms with van der Waals surface area (Å²) in [5, 5.41) is 2.94. The Kier molecular flexibility index (Phi) is 7.03. The molecule has 1 aliphatic heterocycles. The van der Waals surface area contributed by atoms with E-state index in [0.29, 0.717) is 30.8 Å². The van der Waals surface area contributed by atoms with Crippen molar-refractivity contribution in [3.05, 3.63) is 59.2 Å². The Morgan fingerprint density at radius 1 is 1.13 bits per heavy atom. The summed E-state index contributed by atoms with van der Waals surface area (Å²) >= 11 is 0. The number of alkyl halides is 2. The average Bonchev–Trinajstić information content (AvgIpc) is 3.16. The summed E-state index contributed by atoms with van der Waals surface area (Å²) in [6, 6.07) is 12.1. The van der Waals surface area contributed by atoms with Gasteiger partial charge < -0.3 is 15.0 Å². The first kappa shape index (κ1) is 21.7. The van der Waals surface area contributed by atoms with Crippen LogP contribution in [0.5, 0.6) is 5.75 Å². The number of carbonyl (C=O) groups is 2. The molecule has 2 aromatic carbocycles. The lowest BCUT2D eigenvalue weighted by Crippen LogP contribution is -2.37. The number of amides is 1. The van der Waals surface area contributed by atoms with Crippen LogP contribution in [0, 0.1) is 13.8 Å². The topological polar surface area (TPSA) is 58.6 Å². The van der Waals surface area contributed by atoms with Crippen LogP contribution in [0.1, 0.15) is 40.7 Å². The minimum atomic E-state index is -2.89. The average molecular weight is 416 g/mol. The Labute approximate surface area is 175 Å². The van der Waals surface area contributed by atoms with Crippen molar-refractivity contribution in [3.63, 3.8) is 0 Å². The second-order valence-corrected chi connectivity index (χ2v) is 7.57. The van der Waals surface area contributed by atoms with Gasteiger partial charge in [0.05, 0.1) is 5.69 Å². The van der Waals surface area contributed by atoms with Crippen LogP contribution in [0.25, 0.3) is 0 Å². The highest BCUT2D eigenvalue weighted by Crippen LogP contribution is 2.31. The Morgan fingerprint density at radius 2 is 1.90 bits per heavy atom. The Morgan fingerprint density at radius 3 is 2.63 bits per heavy atom. The highest BCUT2D eigenvalue weighted by molar-refractivity contribution is 5.98. The minimum Gasteiger partial charge on any atom is -0.433 e. The van der Waals surface area contributed by atoms with E-state index in [9.17, 15) is 18.4 Å². The van der Waals surface area contributed by atoms with Crippen molar-refractivity contribution in [3.8, 4) is 5.75 Å². The highest BCUT2D eigenvalue weighted by Gasteiger charge is 2.26. The molecule has 1 saturated heterocycles. The van der Waals surface area contributed by atoms with Gasteiger partial charge in [-0.25, -0.2) is 0 Å². The van der Waals surface area contributed by atoms with Gasteiger partial charge in [-0.1, -0.05) is 24.3 Å². The van der Waals surface area contributed by atoms with E-state index in [1.54, 1.807) is 24.3 Å². The molecule has 0 bridgehead atoms. The summed E-state index contributed by atoms with van der Waals surface area (Å²) in [5.41, 5.74) is 3.37. The number of para-hydroxylation sites is 2. The standard InChI is InChI=1S/C23H26F2N2O3/c1-15-7-8-17(13-16(15)2)20(28)9-10-22(29)26-18-11-12-27(14-18)19-5-3-4-6-21(19)30-23(24)25/h3-8,13,18,23H,9-12,14H2,1-2H3,(H,26,29). The van der Waals surface area contributed by atoms with Crippen LogP contribution in [0.15, 0.2) is 42.5 Å². The second-order valence-electron chi connectivity index (χ2n) is 7.57. The normalized spacial score (nSPS) is 16.0. The molecule has 1 fully saturated rings. The number of rotatable bonds is 8. The van der Waals surface area contributed by atoms with Crippen LogP contribution in [0.4, 0.5) is 14.5 Å². The fourth-order valence-electron chi connectivity index (χ4n) is 3.60. The molecule has 0 saturated carbocycles. The van der Waals surface area contributed by atoms with Crippen LogP contribution in [0.2, 0.25) is 0 Å². The van der Waals surface area contributed by atoms with Gasteiger partial charge in [0.1, 0.15) is 5.75 Å². The maximum atomic E-state index is 12.6. The fourth-order valence-corrected chi connectivity index (χ4v) is 3.60. The summed E-state index contributed by atoms with van der Waals surface area (Å²) in [6.45, 7) is 2.17. The van der Waals surface area contributed by atoms with Crippen molar-refractivity contribution in [1.29, 1.82) is 0 Å². The zero-order valence-corrected chi connectivity index (χ0v) is 17.2. The Bertz CT molecular complexity index is 917. The number of anilines is 1. The predicted molar refractivity (Wildman–Crippen MR) is 111 cm³/mol. The molecule has 1 amide bonds. The molecule has 1 heterocycles. The largest absolute Gasteiger partial charge is 0.433 e. The Balaban J connectivity index is 1.50. The number of hydrogen-bond donors (Lipinski definition) is 1. The van der Waals surface area contributed by atoms with E-state index in [2.05, 4.69) is 10.1 Å². The van der Waals surface area contributed by atoms with E-state index in [1.807, 2.05) is 30.9 Å². The van der Waals surface area contributed by atoms with Crippen LogP contribution >= 0.6 is 0 Å². The first-order chi connectivity index (χ1) is 14.3. The van der Waals surface area contributed by atoms with Gasteiger partial charge in [-0.05, 0) is 49.6 Å². The van der Waals surface area contributed by atoms with Gasteiger partial charge in [0, 0.05) is 37.5 Å². The number of aryl methyl sites for hydroxylation is 2. The SMILES string of the molecule is Cc1ccc(C(=O)CCC(=O)NC2CCN(c3ccccc3OC(F)F)C2)cc1C. The Hall–Kier alpha value is -2.96. The number of hydrogen-bond acceptors (Lipinski definition) is 4. The smallest absolute Gasteiger partial charge is 0.387 e. The molecule has 30 heavy (non-hydrogen) atoms. The van der Waals surface area contributed by atoms with E-state index < -0.39 is 6.61 Å². The predicted octanol–water partition coefficient (Wildman–Crippen LogP) is 4.26. The van der Waals surface area contributed by atoms with E-state index in [1.165, 1.54) is 6.07 Å². The number of nitrogens with zero attached hydrogens (tertiary/aromatic N) is 1. The summed E-state index contributed by atoms with van der Waals surface area (Å²) in [5.74, 6) is -0.117. The molecule has 0 spiro atoms. The van der Waals surface area contributed by atoms with E-state index in [0.717, 1.165) is 11.1 Å². The van der Waals surface area contributed by atoms with Gasteiger partial charge in [-0.2, -0.15) is 8.78 Å². The van der Waals surface area contributed by atoms with Crippen molar-refractivity contribution in [2.24, 2.45) is 0 Å². The zero-order valence-electron chi connectivity index (χ0n) is 17.2. The van der Waals surface area contributed by atoms with Crippen LogP contribution in [-0.2, 0) is 4.79 Å². The molecule has 7 heteroatoms. The molecule has 0 aliphatic carbocycles. The number of ether oxygens (including phenoxy) is 1. The molecule has 1 N–H and O–H groups in total. The molecule has 0 radical (unpaired) electrons. The third kappa shape index (κ3) is 5.55. The summed E-state index contributed by atoms with van der Waals surface area (Å²) in [6.07, 6.45) is 0.961. The fraction of sp³-hybridized carbons (Fsp3) is 0.391. The molecule has 1 aliphatic rings. The van der Waals surface area contributed by atoms with Gasteiger partial charge in [0.15, 0.2) is 5.78 Å². The van der Waals surface area contributed by atoms with Crippen molar-refractivity contribution in [2.75, 3.05) is 18.0 Å². The first-order valence-electron chi connectivity index (χ1n) is 10.0. The van der Waals surface area contributed by atoms with E-state index >= 15 is 0 Å². The minimum absolute atomic E-state index is 0.0561. The summed E-state index contributed by atoms with van der Waals surface area (Å²) in [7, 11) is 0. The van der Waals surface area contributed by atoms with E-state index in [-0.39, 0.29) is 36.3 Å². The summed E-state index contributed by atoms with van der Waals surface area (Å²) in [4.78, 5) is 26.6. The van der Waals surface area contributed by atoms with Crippen molar-refractivity contribution < 1.29 is 23.1 Å². The maximum Gasteiger partial charge on any atom is 0.387 e. The number of ketones is 1.